The van der Waals surface area contributed by atoms with Gasteiger partial charge >= 0.3 is 0 Å². The van der Waals surface area contributed by atoms with Crippen LogP contribution in [0.4, 0.5) is 0 Å². The van der Waals surface area contributed by atoms with Gasteiger partial charge in [-0.2, -0.15) is 0 Å². The number of unbranched alkanes of at least 4 members (excludes halogenated alkanes) is 1. The molecule has 0 aliphatic rings. The SMILES string of the molecule is CCCCc1cc(CNCC)cs1. The number of thiophene rings is 1. The highest BCUT2D eigenvalue weighted by molar-refractivity contribution is 7.10. The highest BCUT2D eigenvalue weighted by atomic mass is 32.1. The molecule has 1 rings (SSSR count). The van der Waals surface area contributed by atoms with Crippen molar-refractivity contribution in [2.24, 2.45) is 0 Å². The second-order valence-corrected chi connectivity index (χ2v) is 4.30. The van der Waals surface area contributed by atoms with Crippen LogP contribution in [-0.4, -0.2) is 6.54 Å². The number of hydrogen-bond donors (Lipinski definition) is 1. The third-order valence-corrected chi connectivity index (χ3v) is 3.11. The normalized spacial score (nSPS) is 10.6. The topological polar surface area (TPSA) is 12.0 Å². The number of rotatable bonds is 6. The van der Waals surface area contributed by atoms with Crippen molar-refractivity contribution >= 4 is 11.3 Å². The molecule has 1 nitrogen and oxygen atoms in total. The monoisotopic (exact) mass is 197 g/mol. The van der Waals surface area contributed by atoms with E-state index in [-0.39, 0.29) is 0 Å². The maximum atomic E-state index is 3.34. The van der Waals surface area contributed by atoms with Crippen molar-refractivity contribution in [1.82, 2.24) is 5.32 Å². The molecule has 2 heteroatoms. The van der Waals surface area contributed by atoms with Gasteiger partial charge in [0.2, 0.25) is 0 Å². The maximum Gasteiger partial charge on any atom is 0.0213 e. The Morgan fingerprint density at radius 2 is 2.23 bits per heavy atom. The molecule has 0 fully saturated rings. The highest BCUT2D eigenvalue weighted by Gasteiger charge is 1.98. The van der Waals surface area contributed by atoms with Crippen LogP contribution in [-0.2, 0) is 13.0 Å². The van der Waals surface area contributed by atoms with E-state index in [2.05, 4.69) is 30.6 Å². The van der Waals surface area contributed by atoms with Crippen molar-refractivity contribution < 1.29 is 0 Å². The molecule has 0 radical (unpaired) electrons. The van der Waals surface area contributed by atoms with E-state index in [0.29, 0.717) is 0 Å². The van der Waals surface area contributed by atoms with Crippen LogP contribution in [0.3, 0.4) is 0 Å². The van der Waals surface area contributed by atoms with E-state index in [1.165, 1.54) is 29.7 Å². The standard InChI is InChI=1S/C11H19NS/c1-3-5-6-11-7-10(9-13-11)8-12-4-2/h7,9,12H,3-6,8H2,1-2H3. The third-order valence-electron chi connectivity index (χ3n) is 2.06. The van der Waals surface area contributed by atoms with Gasteiger partial charge in [0.05, 0.1) is 0 Å². The summed E-state index contributed by atoms with van der Waals surface area (Å²) in [5, 5.41) is 5.61. The lowest BCUT2D eigenvalue weighted by atomic mass is 10.2. The molecule has 0 aliphatic heterocycles. The molecular weight excluding hydrogens is 178 g/mol. The van der Waals surface area contributed by atoms with Crippen molar-refractivity contribution in [1.29, 1.82) is 0 Å². The molecule has 0 amide bonds. The minimum absolute atomic E-state index is 1.03. The van der Waals surface area contributed by atoms with E-state index in [4.69, 9.17) is 0 Å². The zero-order valence-corrected chi connectivity index (χ0v) is 9.41. The van der Waals surface area contributed by atoms with Gasteiger partial charge in [-0.3, -0.25) is 0 Å². The van der Waals surface area contributed by atoms with Crippen LogP contribution < -0.4 is 5.32 Å². The second-order valence-electron chi connectivity index (χ2n) is 3.31. The third kappa shape index (κ3) is 3.92. The lowest BCUT2D eigenvalue weighted by Crippen LogP contribution is -2.10. The van der Waals surface area contributed by atoms with Crippen molar-refractivity contribution in [3.8, 4) is 0 Å². The number of hydrogen-bond acceptors (Lipinski definition) is 2. The van der Waals surface area contributed by atoms with Crippen LogP contribution in [0, 0.1) is 0 Å². The summed E-state index contributed by atoms with van der Waals surface area (Å²) >= 11 is 1.90. The Balaban J connectivity index is 2.34. The summed E-state index contributed by atoms with van der Waals surface area (Å²) in [7, 11) is 0. The summed E-state index contributed by atoms with van der Waals surface area (Å²) in [6.45, 7) is 6.47. The molecule has 0 saturated heterocycles. The molecule has 1 N–H and O–H groups in total. The highest BCUT2D eigenvalue weighted by Crippen LogP contribution is 2.16. The first kappa shape index (κ1) is 10.7. The fraction of sp³-hybridized carbons (Fsp3) is 0.636. The van der Waals surface area contributed by atoms with Crippen LogP contribution in [0.1, 0.15) is 37.1 Å². The Morgan fingerprint density at radius 1 is 1.38 bits per heavy atom. The average molecular weight is 197 g/mol. The molecule has 0 atom stereocenters. The lowest BCUT2D eigenvalue weighted by molar-refractivity contribution is 0.727. The first-order chi connectivity index (χ1) is 6.36. The van der Waals surface area contributed by atoms with E-state index in [1.807, 2.05) is 11.3 Å². The molecule has 1 heterocycles. The van der Waals surface area contributed by atoms with E-state index in [9.17, 15) is 0 Å². The minimum Gasteiger partial charge on any atom is -0.313 e. The van der Waals surface area contributed by atoms with E-state index < -0.39 is 0 Å². The molecule has 0 saturated carbocycles. The molecule has 1 aromatic rings. The fourth-order valence-corrected chi connectivity index (χ4v) is 2.21. The van der Waals surface area contributed by atoms with Gasteiger partial charge in [0.15, 0.2) is 0 Å². The van der Waals surface area contributed by atoms with Crippen molar-refractivity contribution in [2.45, 2.75) is 39.7 Å². The van der Waals surface area contributed by atoms with Crippen LogP contribution >= 0.6 is 11.3 Å². The zero-order valence-electron chi connectivity index (χ0n) is 8.60. The van der Waals surface area contributed by atoms with Gasteiger partial charge in [-0.15, -0.1) is 11.3 Å². The predicted molar refractivity (Wildman–Crippen MR) is 60.3 cm³/mol. The zero-order chi connectivity index (χ0) is 9.52. The Morgan fingerprint density at radius 3 is 2.92 bits per heavy atom. The summed E-state index contributed by atoms with van der Waals surface area (Å²) in [5.41, 5.74) is 1.44. The molecule has 74 valence electrons. The largest absolute Gasteiger partial charge is 0.313 e. The fourth-order valence-electron chi connectivity index (χ4n) is 1.27. The van der Waals surface area contributed by atoms with E-state index in [0.717, 1.165) is 13.1 Å². The van der Waals surface area contributed by atoms with Crippen LogP contribution in [0.2, 0.25) is 0 Å². The van der Waals surface area contributed by atoms with Gasteiger partial charge in [-0.25, -0.2) is 0 Å². The summed E-state index contributed by atoms with van der Waals surface area (Å²) in [6.07, 6.45) is 3.87. The van der Waals surface area contributed by atoms with Gasteiger partial charge in [-0.05, 0) is 36.4 Å². The van der Waals surface area contributed by atoms with Gasteiger partial charge in [0.25, 0.3) is 0 Å². The van der Waals surface area contributed by atoms with Crippen LogP contribution in [0.25, 0.3) is 0 Å². The summed E-state index contributed by atoms with van der Waals surface area (Å²) in [4.78, 5) is 1.54. The summed E-state index contributed by atoms with van der Waals surface area (Å²) in [6, 6.07) is 2.34. The Bertz CT molecular complexity index is 207. The first-order valence-electron chi connectivity index (χ1n) is 5.13. The van der Waals surface area contributed by atoms with Crippen LogP contribution in [0.5, 0.6) is 0 Å². The summed E-state index contributed by atoms with van der Waals surface area (Å²) < 4.78 is 0. The molecule has 0 aromatic carbocycles. The quantitative estimate of drug-likeness (QED) is 0.738. The van der Waals surface area contributed by atoms with Gasteiger partial charge in [0, 0.05) is 11.4 Å². The Hall–Kier alpha value is -0.340. The van der Waals surface area contributed by atoms with Gasteiger partial charge in [0.1, 0.15) is 0 Å². The molecule has 1 aromatic heterocycles. The van der Waals surface area contributed by atoms with E-state index in [1.54, 1.807) is 0 Å². The minimum atomic E-state index is 1.03. The average Bonchev–Trinajstić information content (AvgIpc) is 2.59. The molecule has 0 spiro atoms. The van der Waals surface area contributed by atoms with E-state index >= 15 is 0 Å². The first-order valence-corrected chi connectivity index (χ1v) is 6.01. The smallest absolute Gasteiger partial charge is 0.0213 e. The van der Waals surface area contributed by atoms with Crippen LogP contribution in [0.15, 0.2) is 11.4 Å². The number of aryl methyl sites for hydroxylation is 1. The second kappa shape index (κ2) is 6.17. The summed E-state index contributed by atoms with van der Waals surface area (Å²) in [5.74, 6) is 0. The molecular formula is C11H19NS. The molecule has 13 heavy (non-hydrogen) atoms. The van der Waals surface area contributed by atoms with Gasteiger partial charge < -0.3 is 5.32 Å². The van der Waals surface area contributed by atoms with Crippen molar-refractivity contribution in [3.05, 3.63) is 21.9 Å². The molecule has 0 aliphatic carbocycles. The predicted octanol–water partition coefficient (Wildman–Crippen LogP) is 3.20. The molecule has 0 bridgehead atoms. The van der Waals surface area contributed by atoms with Crippen molar-refractivity contribution in [2.75, 3.05) is 6.54 Å². The maximum absolute atomic E-state index is 3.34. The molecule has 0 unspecified atom stereocenters. The Kier molecular flexibility index (Phi) is 5.09. The lowest BCUT2D eigenvalue weighted by Gasteiger charge is -1.96. The van der Waals surface area contributed by atoms with Gasteiger partial charge in [-0.1, -0.05) is 20.3 Å². The Labute approximate surface area is 85.2 Å². The van der Waals surface area contributed by atoms with Crippen molar-refractivity contribution in [3.63, 3.8) is 0 Å². The number of nitrogens with one attached hydrogen (secondary N) is 1.